The summed E-state index contributed by atoms with van der Waals surface area (Å²) in [6.07, 6.45) is 1.10. The van der Waals surface area contributed by atoms with E-state index in [1.807, 2.05) is 13.0 Å². The average Bonchev–Trinajstić information content (AvgIpc) is 2.66. The molecule has 0 radical (unpaired) electrons. The molecule has 1 aromatic carbocycles. The van der Waals surface area contributed by atoms with Crippen molar-refractivity contribution in [2.24, 2.45) is 5.16 Å². The van der Waals surface area contributed by atoms with Crippen molar-refractivity contribution >= 4 is 34.8 Å². The molecule has 0 aliphatic heterocycles. The maximum absolute atomic E-state index is 13.2. The third-order valence-corrected chi connectivity index (χ3v) is 4.67. The standard InChI is InChI=1S/C20H18ClN3O4/c1-2-24-19-15(7-6-14(23-19)11-22-28)18(12-4-3-5-13(21)10-12)16(20(24)27)8-9-17(25)26/h3-7,10-11,28H,2,8-9H2,1H3,(H,25,26). The first kappa shape index (κ1) is 19.6. The average molecular weight is 400 g/mol. The molecule has 3 rings (SSSR count). The third-order valence-electron chi connectivity index (χ3n) is 4.44. The fourth-order valence-corrected chi connectivity index (χ4v) is 3.44. The fourth-order valence-electron chi connectivity index (χ4n) is 3.25. The topological polar surface area (TPSA) is 105 Å². The van der Waals surface area contributed by atoms with Gasteiger partial charge in [-0.3, -0.25) is 14.2 Å². The Labute approximate surface area is 165 Å². The first-order chi connectivity index (χ1) is 13.5. The number of oxime groups is 1. The number of halogens is 1. The van der Waals surface area contributed by atoms with Crippen LogP contribution in [0.2, 0.25) is 5.02 Å². The Bertz CT molecular complexity index is 1140. The number of pyridine rings is 2. The summed E-state index contributed by atoms with van der Waals surface area (Å²) in [4.78, 5) is 28.8. The minimum atomic E-state index is -0.979. The molecule has 0 amide bonds. The van der Waals surface area contributed by atoms with E-state index < -0.39 is 5.97 Å². The SMILES string of the molecule is CCn1c(=O)c(CCC(=O)O)c(-c2cccc(Cl)c2)c2ccc(C=NO)nc21. The molecule has 144 valence electrons. The molecule has 2 aromatic heterocycles. The summed E-state index contributed by atoms with van der Waals surface area (Å²) in [6, 6.07) is 10.5. The predicted octanol–water partition coefficient (Wildman–Crippen LogP) is 3.56. The van der Waals surface area contributed by atoms with E-state index in [9.17, 15) is 9.59 Å². The second-order valence-corrected chi connectivity index (χ2v) is 6.60. The highest BCUT2D eigenvalue weighted by Crippen LogP contribution is 2.32. The lowest BCUT2D eigenvalue weighted by molar-refractivity contribution is -0.136. The highest BCUT2D eigenvalue weighted by molar-refractivity contribution is 6.30. The smallest absolute Gasteiger partial charge is 0.303 e. The van der Waals surface area contributed by atoms with Gasteiger partial charge in [0, 0.05) is 34.5 Å². The van der Waals surface area contributed by atoms with Crippen LogP contribution in [0.3, 0.4) is 0 Å². The van der Waals surface area contributed by atoms with Crippen LogP contribution in [0.15, 0.2) is 46.3 Å². The lowest BCUT2D eigenvalue weighted by atomic mass is 9.94. The van der Waals surface area contributed by atoms with Crippen LogP contribution in [0.25, 0.3) is 22.2 Å². The summed E-state index contributed by atoms with van der Waals surface area (Å²) in [5.41, 5.74) is 2.27. The van der Waals surface area contributed by atoms with E-state index in [2.05, 4.69) is 10.1 Å². The second kappa shape index (κ2) is 8.22. The molecule has 0 atom stereocenters. The summed E-state index contributed by atoms with van der Waals surface area (Å²) < 4.78 is 1.50. The van der Waals surface area contributed by atoms with Crippen LogP contribution in [-0.2, 0) is 17.8 Å². The number of fused-ring (bicyclic) bond motifs is 1. The molecule has 28 heavy (non-hydrogen) atoms. The lowest BCUT2D eigenvalue weighted by Crippen LogP contribution is -2.26. The van der Waals surface area contributed by atoms with Crippen LogP contribution in [0.4, 0.5) is 0 Å². The predicted molar refractivity (Wildman–Crippen MR) is 107 cm³/mol. The van der Waals surface area contributed by atoms with E-state index in [1.54, 1.807) is 30.3 Å². The van der Waals surface area contributed by atoms with Crippen molar-refractivity contribution < 1.29 is 15.1 Å². The zero-order valence-corrected chi connectivity index (χ0v) is 15.8. The Morgan fingerprint density at radius 1 is 1.32 bits per heavy atom. The molecule has 0 spiro atoms. The van der Waals surface area contributed by atoms with Crippen LogP contribution >= 0.6 is 11.6 Å². The van der Waals surface area contributed by atoms with Crippen LogP contribution < -0.4 is 5.56 Å². The summed E-state index contributed by atoms with van der Waals surface area (Å²) in [5.74, 6) is -0.979. The van der Waals surface area contributed by atoms with E-state index >= 15 is 0 Å². The van der Waals surface area contributed by atoms with E-state index in [4.69, 9.17) is 21.9 Å². The van der Waals surface area contributed by atoms with Crippen molar-refractivity contribution in [1.82, 2.24) is 9.55 Å². The molecule has 8 heteroatoms. The van der Waals surface area contributed by atoms with Gasteiger partial charge in [-0.25, -0.2) is 4.98 Å². The van der Waals surface area contributed by atoms with Gasteiger partial charge in [0.15, 0.2) is 0 Å². The van der Waals surface area contributed by atoms with Gasteiger partial charge in [-0.2, -0.15) is 0 Å². The minimum Gasteiger partial charge on any atom is -0.481 e. The fraction of sp³-hybridized carbons (Fsp3) is 0.200. The molecular formula is C20H18ClN3O4. The highest BCUT2D eigenvalue weighted by atomic mass is 35.5. The summed E-state index contributed by atoms with van der Waals surface area (Å²) in [6.45, 7) is 2.17. The molecular weight excluding hydrogens is 382 g/mol. The van der Waals surface area contributed by atoms with E-state index in [-0.39, 0.29) is 18.4 Å². The quantitative estimate of drug-likeness (QED) is 0.374. The van der Waals surface area contributed by atoms with Gasteiger partial charge in [0.05, 0.1) is 11.9 Å². The molecule has 0 saturated carbocycles. The molecule has 0 unspecified atom stereocenters. The maximum Gasteiger partial charge on any atom is 0.303 e. The summed E-state index contributed by atoms with van der Waals surface area (Å²) in [7, 11) is 0. The molecule has 2 N–H and O–H groups in total. The first-order valence-corrected chi connectivity index (χ1v) is 9.05. The second-order valence-electron chi connectivity index (χ2n) is 6.16. The van der Waals surface area contributed by atoms with Crippen molar-refractivity contribution in [2.75, 3.05) is 0 Å². The van der Waals surface area contributed by atoms with Gasteiger partial charge in [0.1, 0.15) is 5.65 Å². The van der Waals surface area contributed by atoms with Gasteiger partial charge < -0.3 is 10.3 Å². The van der Waals surface area contributed by atoms with Gasteiger partial charge in [0.2, 0.25) is 0 Å². The Kier molecular flexibility index (Phi) is 5.75. The van der Waals surface area contributed by atoms with Crippen molar-refractivity contribution in [2.45, 2.75) is 26.3 Å². The number of carboxylic acid groups (broad SMARTS) is 1. The number of rotatable bonds is 6. The van der Waals surface area contributed by atoms with E-state index in [0.29, 0.717) is 45.0 Å². The van der Waals surface area contributed by atoms with Crippen molar-refractivity contribution in [1.29, 1.82) is 0 Å². The number of nitrogens with zero attached hydrogens (tertiary/aromatic N) is 3. The largest absolute Gasteiger partial charge is 0.481 e. The summed E-state index contributed by atoms with van der Waals surface area (Å²) in [5, 5.41) is 22.1. The molecule has 0 fully saturated rings. The van der Waals surface area contributed by atoms with Gasteiger partial charge in [-0.15, -0.1) is 0 Å². The Hall–Kier alpha value is -3.19. The van der Waals surface area contributed by atoms with Gasteiger partial charge in [0.25, 0.3) is 5.56 Å². The van der Waals surface area contributed by atoms with Gasteiger partial charge in [-0.05, 0) is 43.2 Å². The molecule has 3 aromatic rings. The third kappa shape index (κ3) is 3.75. The first-order valence-electron chi connectivity index (χ1n) is 8.67. The van der Waals surface area contributed by atoms with Crippen molar-refractivity contribution in [3.8, 4) is 11.1 Å². The van der Waals surface area contributed by atoms with Crippen molar-refractivity contribution in [3.63, 3.8) is 0 Å². The Balaban J connectivity index is 2.42. The molecule has 0 bridgehead atoms. The normalized spacial score (nSPS) is 11.4. The summed E-state index contributed by atoms with van der Waals surface area (Å²) >= 11 is 6.15. The van der Waals surface area contributed by atoms with Crippen molar-refractivity contribution in [3.05, 3.63) is 63.0 Å². The number of aromatic nitrogens is 2. The zero-order valence-electron chi connectivity index (χ0n) is 15.1. The van der Waals surface area contributed by atoms with Crippen LogP contribution in [0.5, 0.6) is 0 Å². The molecule has 0 aliphatic rings. The van der Waals surface area contributed by atoms with E-state index in [1.165, 1.54) is 10.8 Å². The maximum atomic E-state index is 13.2. The number of hydrogen-bond donors (Lipinski definition) is 2. The van der Waals surface area contributed by atoms with Gasteiger partial charge in [-0.1, -0.05) is 28.9 Å². The van der Waals surface area contributed by atoms with Gasteiger partial charge >= 0.3 is 5.97 Å². The molecule has 0 saturated heterocycles. The minimum absolute atomic E-state index is 0.0891. The number of aryl methyl sites for hydroxylation is 1. The van der Waals surface area contributed by atoms with Crippen LogP contribution in [-0.4, -0.2) is 32.0 Å². The monoisotopic (exact) mass is 399 g/mol. The van der Waals surface area contributed by atoms with E-state index in [0.717, 1.165) is 0 Å². The molecule has 0 aliphatic carbocycles. The zero-order chi connectivity index (χ0) is 20.3. The Morgan fingerprint density at radius 3 is 2.75 bits per heavy atom. The van der Waals surface area contributed by atoms with Crippen LogP contribution in [0.1, 0.15) is 24.6 Å². The van der Waals surface area contributed by atoms with Crippen LogP contribution in [0, 0.1) is 0 Å². The number of benzene rings is 1. The Morgan fingerprint density at radius 2 is 2.11 bits per heavy atom. The molecule has 2 heterocycles. The number of hydrogen-bond acceptors (Lipinski definition) is 5. The number of carboxylic acids is 1. The lowest BCUT2D eigenvalue weighted by Gasteiger charge is -2.17. The number of carbonyl (C=O) groups is 1. The molecule has 7 nitrogen and oxygen atoms in total. The highest BCUT2D eigenvalue weighted by Gasteiger charge is 2.19. The number of aliphatic carboxylic acids is 1.